The maximum Gasteiger partial charge on any atom is 0.312 e. The van der Waals surface area contributed by atoms with Gasteiger partial charge in [0.15, 0.2) is 0 Å². The smallest absolute Gasteiger partial charge is 0.312 e. The molecule has 0 spiro atoms. The molecule has 2 aromatic rings. The molecule has 0 amide bonds. The number of rotatable bonds is 2. The van der Waals surface area contributed by atoms with Gasteiger partial charge in [-0.2, -0.15) is 0 Å². The van der Waals surface area contributed by atoms with Crippen LogP contribution in [0.4, 0.5) is 6.01 Å². The number of benzene rings is 1. The molecule has 2 atom stereocenters. The SMILES string of the molecule is Nc1nnc(C2CC2c2ccccc2)o1. The van der Waals surface area contributed by atoms with E-state index in [0.717, 1.165) is 6.42 Å². The Labute approximate surface area is 87.1 Å². The first-order valence-corrected chi connectivity index (χ1v) is 4.98. The van der Waals surface area contributed by atoms with E-state index in [1.165, 1.54) is 5.56 Å². The van der Waals surface area contributed by atoms with Crippen LogP contribution in [0.5, 0.6) is 0 Å². The minimum Gasteiger partial charge on any atom is -0.408 e. The molecule has 0 saturated heterocycles. The highest BCUT2D eigenvalue weighted by atomic mass is 16.4. The maximum absolute atomic E-state index is 5.39. The topological polar surface area (TPSA) is 64.9 Å². The zero-order valence-corrected chi connectivity index (χ0v) is 8.13. The third-order valence-electron chi connectivity index (χ3n) is 2.79. The van der Waals surface area contributed by atoms with Gasteiger partial charge in [-0.1, -0.05) is 35.4 Å². The fraction of sp³-hybridized carbons (Fsp3) is 0.273. The summed E-state index contributed by atoms with van der Waals surface area (Å²) in [5.74, 6) is 1.55. The van der Waals surface area contributed by atoms with Crippen molar-refractivity contribution in [2.45, 2.75) is 18.3 Å². The van der Waals surface area contributed by atoms with E-state index in [1.54, 1.807) is 0 Å². The minimum atomic E-state index is 0.156. The molecule has 3 rings (SSSR count). The van der Waals surface area contributed by atoms with Crippen LogP contribution in [0.2, 0.25) is 0 Å². The molecule has 2 N–H and O–H groups in total. The Balaban J connectivity index is 1.80. The fourth-order valence-corrected chi connectivity index (χ4v) is 1.93. The van der Waals surface area contributed by atoms with Gasteiger partial charge in [0, 0.05) is 5.92 Å². The molecular formula is C11H11N3O. The van der Waals surface area contributed by atoms with Crippen molar-refractivity contribution in [1.29, 1.82) is 0 Å². The standard InChI is InChI=1S/C11H11N3O/c12-11-14-13-10(15-11)9-6-8(9)7-4-2-1-3-5-7/h1-5,8-9H,6H2,(H2,12,14). The summed E-state index contributed by atoms with van der Waals surface area (Å²) in [5, 5.41) is 7.58. The van der Waals surface area contributed by atoms with Crippen LogP contribution in [0.3, 0.4) is 0 Å². The second-order valence-electron chi connectivity index (χ2n) is 3.84. The first kappa shape index (κ1) is 8.47. The van der Waals surface area contributed by atoms with Gasteiger partial charge in [0.25, 0.3) is 0 Å². The summed E-state index contributed by atoms with van der Waals surface area (Å²) in [6.45, 7) is 0. The Morgan fingerprint density at radius 2 is 1.93 bits per heavy atom. The van der Waals surface area contributed by atoms with E-state index in [9.17, 15) is 0 Å². The molecule has 76 valence electrons. The van der Waals surface area contributed by atoms with Gasteiger partial charge >= 0.3 is 6.01 Å². The van der Waals surface area contributed by atoms with E-state index in [0.29, 0.717) is 17.7 Å². The Kier molecular flexibility index (Phi) is 1.74. The highest BCUT2D eigenvalue weighted by Crippen LogP contribution is 2.54. The first-order valence-electron chi connectivity index (χ1n) is 4.98. The van der Waals surface area contributed by atoms with Gasteiger partial charge in [-0.15, -0.1) is 5.10 Å². The van der Waals surface area contributed by atoms with Crippen molar-refractivity contribution in [3.63, 3.8) is 0 Å². The predicted molar refractivity (Wildman–Crippen MR) is 55.3 cm³/mol. The molecule has 1 aliphatic carbocycles. The van der Waals surface area contributed by atoms with Crippen LogP contribution in [-0.2, 0) is 0 Å². The van der Waals surface area contributed by atoms with Crippen molar-refractivity contribution in [3.8, 4) is 0 Å². The van der Waals surface area contributed by atoms with Crippen molar-refractivity contribution >= 4 is 6.01 Å². The molecule has 1 fully saturated rings. The molecule has 1 heterocycles. The van der Waals surface area contributed by atoms with Crippen molar-refractivity contribution in [2.75, 3.05) is 5.73 Å². The van der Waals surface area contributed by atoms with Crippen LogP contribution >= 0.6 is 0 Å². The highest BCUT2D eigenvalue weighted by molar-refractivity contribution is 5.30. The van der Waals surface area contributed by atoms with Gasteiger partial charge < -0.3 is 10.2 Å². The largest absolute Gasteiger partial charge is 0.408 e. The summed E-state index contributed by atoms with van der Waals surface area (Å²) >= 11 is 0. The normalized spacial score (nSPS) is 24.0. The average Bonchev–Trinajstić information content (AvgIpc) is 2.96. The van der Waals surface area contributed by atoms with Crippen LogP contribution < -0.4 is 5.73 Å². The maximum atomic E-state index is 5.39. The number of aromatic nitrogens is 2. The Bertz CT molecular complexity index is 466. The van der Waals surface area contributed by atoms with E-state index < -0.39 is 0 Å². The minimum absolute atomic E-state index is 0.156. The van der Waals surface area contributed by atoms with E-state index >= 15 is 0 Å². The van der Waals surface area contributed by atoms with Crippen molar-refractivity contribution in [3.05, 3.63) is 41.8 Å². The summed E-state index contributed by atoms with van der Waals surface area (Å²) in [6, 6.07) is 10.5. The van der Waals surface area contributed by atoms with Crippen LogP contribution in [0, 0.1) is 0 Å². The molecule has 0 aliphatic heterocycles. The highest BCUT2D eigenvalue weighted by Gasteiger charge is 2.43. The van der Waals surface area contributed by atoms with Crippen molar-refractivity contribution in [2.24, 2.45) is 0 Å². The second-order valence-corrected chi connectivity index (χ2v) is 3.84. The number of hydrogen-bond acceptors (Lipinski definition) is 4. The van der Waals surface area contributed by atoms with Gasteiger partial charge in [-0.3, -0.25) is 0 Å². The van der Waals surface area contributed by atoms with Gasteiger partial charge in [0.1, 0.15) is 0 Å². The lowest BCUT2D eigenvalue weighted by Gasteiger charge is -1.96. The van der Waals surface area contributed by atoms with Crippen LogP contribution in [0.25, 0.3) is 0 Å². The van der Waals surface area contributed by atoms with Gasteiger partial charge in [0.2, 0.25) is 5.89 Å². The third-order valence-corrected chi connectivity index (χ3v) is 2.79. The van der Waals surface area contributed by atoms with E-state index in [1.807, 2.05) is 18.2 Å². The van der Waals surface area contributed by atoms with Gasteiger partial charge in [-0.05, 0) is 17.9 Å². The van der Waals surface area contributed by atoms with E-state index in [-0.39, 0.29) is 6.01 Å². The summed E-state index contributed by atoms with van der Waals surface area (Å²) in [6.07, 6.45) is 1.08. The molecule has 1 saturated carbocycles. The number of nitrogens with two attached hydrogens (primary N) is 1. The lowest BCUT2D eigenvalue weighted by atomic mass is 10.1. The van der Waals surface area contributed by atoms with Crippen LogP contribution in [0.1, 0.15) is 29.7 Å². The fourth-order valence-electron chi connectivity index (χ4n) is 1.93. The molecular weight excluding hydrogens is 190 g/mol. The quantitative estimate of drug-likeness (QED) is 0.806. The monoisotopic (exact) mass is 201 g/mol. The predicted octanol–water partition coefficient (Wildman–Crippen LogP) is 1.92. The van der Waals surface area contributed by atoms with Crippen LogP contribution in [0.15, 0.2) is 34.7 Å². The molecule has 1 aromatic carbocycles. The molecule has 4 nitrogen and oxygen atoms in total. The molecule has 1 aliphatic rings. The Morgan fingerprint density at radius 1 is 1.13 bits per heavy atom. The Hall–Kier alpha value is -1.84. The third kappa shape index (κ3) is 1.48. The zero-order valence-electron chi connectivity index (χ0n) is 8.13. The average molecular weight is 201 g/mol. The summed E-state index contributed by atoms with van der Waals surface area (Å²) in [4.78, 5) is 0. The molecule has 15 heavy (non-hydrogen) atoms. The number of nitrogen functional groups attached to an aromatic ring is 1. The molecule has 0 bridgehead atoms. The Morgan fingerprint density at radius 3 is 2.60 bits per heavy atom. The van der Waals surface area contributed by atoms with Crippen molar-refractivity contribution in [1.82, 2.24) is 10.2 Å². The van der Waals surface area contributed by atoms with Gasteiger partial charge in [-0.25, -0.2) is 0 Å². The number of nitrogens with zero attached hydrogens (tertiary/aromatic N) is 2. The second kappa shape index (κ2) is 3.08. The number of hydrogen-bond donors (Lipinski definition) is 1. The summed E-state index contributed by atoms with van der Waals surface area (Å²) in [5.41, 5.74) is 6.72. The zero-order chi connectivity index (χ0) is 10.3. The molecule has 4 heteroatoms. The molecule has 2 unspecified atom stereocenters. The van der Waals surface area contributed by atoms with E-state index in [2.05, 4.69) is 22.3 Å². The number of anilines is 1. The molecule has 0 radical (unpaired) electrons. The summed E-state index contributed by atoms with van der Waals surface area (Å²) < 4.78 is 5.21. The van der Waals surface area contributed by atoms with E-state index in [4.69, 9.17) is 10.2 Å². The lowest BCUT2D eigenvalue weighted by Crippen LogP contribution is -1.84. The van der Waals surface area contributed by atoms with Crippen LogP contribution in [-0.4, -0.2) is 10.2 Å². The lowest BCUT2D eigenvalue weighted by molar-refractivity contribution is 0.510. The molecule has 1 aromatic heterocycles. The van der Waals surface area contributed by atoms with Gasteiger partial charge in [0.05, 0.1) is 0 Å². The first-order chi connectivity index (χ1) is 7.34. The summed E-state index contributed by atoms with van der Waals surface area (Å²) in [7, 11) is 0. The van der Waals surface area contributed by atoms with Crippen molar-refractivity contribution < 1.29 is 4.42 Å².